The summed E-state index contributed by atoms with van der Waals surface area (Å²) in [4.78, 5) is 20.6. The minimum Gasteiger partial charge on any atom is -0.476 e. The lowest BCUT2D eigenvalue weighted by molar-refractivity contribution is 0.103. The van der Waals surface area contributed by atoms with Gasteiger partial charge >= 0.3 is 0 Å². The number of allylic oxidation sites excluding steroid dienone is 1. The first-order valence-electron chi connectivity index (χ1n) is 7.74. The lowest BCUT2D eigenvalue weighted by Gasteiger charge is -2.16. The van der Waals surface area contributed by atoms with Crippen LogP contribution >= 0.6 is 11.6 Å². The van der Waals surface area contributed by atoms with Gasteiger partial charge in [0.2, 0.25) is 0 Å². The highest BCUT2D eigenvalue weighted by molar-refractivity contribution is 6.29. The third-order valence-corrected chi connectivity index (χ3v) is 4.03. The molecule has 0 bridgehead atoms. The highest BCUT2D eigenvalue weighted by Crippen LogP contribution is 2.16. The van der Waals surface area contributed by atoms with Gasteiger partial charge in [-0.05, 0) is 24.1 Å². The van der Waals surface area contributed by atoms with Crippen molar-refractivity contribution in [2.75, 3.05) is 0 Å². The number of aliphatic imine (C=N–C) groups is 1. The van der Waals surface area contributed by atoms with Gasteiger partial charge in [-0.1, -0.05) is 48.9 Å². The second-order valence-electron chi connectivity index (χ2n) is 5.67. The van der Waals surface area contributed by atoms with Crippen LogP contribution in [0.1, 0.15) is 34.8 Å². The molecule has 0 spiro atoms. The number of pyridine rings is 1. The van der Waals surface area contributed by atoms with Crippen LogP contribution in [0, 0.1) is 5.92 Å². The smallest absolute Gasteiger partial charge is 0.194 e. The summed E-state index contributed by atoms with van der Waals surface area (Å²) >= 11 is 5.74. The molecule has 3 rings (SSSR count). The van der Waals surface area contributed by atoms with Gasteiger partial charge in [-0.15, -0.1) is 0 Å². The van der Waals surface area contributed by atoms with Crippen LogP contribution in [0.15, 0.2) is 59.9 Å². The van der Waals surface area contributed by atoms with E-state index in [0.717, 1.165) is 17.9 Å². The van der Waals surface area contributed by atoms with Crippen molar-refractivity contribution in [1.82, 2.24) is 4.98 Å². The van der Waals surface area contributed by atoms with Crippen molar-refractivity contribution >= 4 is 23.3 Å². The van der Waals surface area contributed by atoms with Crippen molar-refractivity contribution in [3.8, 4) is 0 Å². The Morgan fingerprint density at radius 1 is 1.21 bits per heavy atom. The minimum atomic E-state index is -0.0814. The van der Waals surface area contributed by atoms with Crippen molar-refractivity contribution in [2.24, 2.45) is 10.9 Å². The molecular weight excluding hydrogens is 324 g/mol. The molecule has 0 N–H and O–H groups in total. The van der Waals surface area contributed by atoms with Gasteiger partial charge in [0.15, 0.2) is 11.7 Å². The number of ketones is 1. The van der Waals surface area contributed by atoms with Gasteiger partial charge in [-0.25, -0.2) is 9.98 Å². The van der Waals surface area contributed by atoms with Gasteiger partial charge in [0.05, 0.1) is 0 Å². The van der Waals surface area contributed by atoms with Crippen LogP contribution in [-0.2, 0) is 11.3 Å². The van der Waals surface area contributed by atoms with Gasteiger partial charge < -0.3 is 4.74 Å². The maximum absolute atomic E-state index is 12.4. The Labute approximate surface area is 145 Å². The molecule has 1 aliphatic rings. The molecule has 122 valence electrons. The molecule has 0 saturated carbocycles. The quantitative estimate of drug-likeness (QED) is 0.611. The fraction of sp³-hybridized carbons (Fsp3) is 0.211. The number of benzene rings is 1. The number of hydrogen-bond acceptors (Lipinski definition) is 4. The van der Waals surface area contributed by atoms with E-state index < -0.39 is 0 Å². The van der Waals surface area contributed by atoms with E-state index in [1.54, 1.807) is 30.5 Å². The highest BCUT2D eigenvalue weighted by Gasteiger charge is 2.14. The van der Waals surface area contributed by atoms with Crippen LogP contribution in [-0.4, -0.2) is 16.7 Å². The summed E-state index contributed by atoms with van der Waals surface area (Å²) in [5.41, 5.74) is 2.11. The summed E-state index contributed by atoms with van der Waals surface area (Å²) in [6, 6.07) is 10.6. The predicted octanol–water partition coefficient (Wildman–Crippen LogP) is 4.43. The molecule has 4 nitrogen and oxygen atoms in total. The third-order valence-electron chi connectivity index (χ3n) is 3.81. The standard InChI is InChI=1S/C19H17ClN2O2/c1-13-3-2-10-21-19(13)24-12-14-4-6-15(7-5-14)18(23)16-8-9-17(20)22-11-16/h2,4-11,13H,3,12H2,1H3. The molecule has 24 heavy (non-hydrogen) atoms. The summed E-state index contributed by atoms with van der Waals surface area (Å²) in [7, 11) is 0. The maximum atomic E-state index is 12.4. The summed E-state index contributed by atoms with van der Waals surface area (Å²) in [5, 5.41) is 0.369. The first-order valence-corrected chi connectivity index (χ1v) is 8.12. The fourth-order valence-electron chi connectivity index (χ4n) is 2.39. The van der Waals surface area contributed by atoms with Crippen molar-refractivity contribution in [2.45, 2.75) is 20.0 Å². The van der Waals surface area contributed by atoms with Crippen molar-refractivity contribution in [1.29, 1.82) is 0 Å². The van der Waals surface area contributed by atoms with E-state index in [1.165, 1.54) is 6.20 Å². The Morgan fingerprint density at radius 2 is 1.96 bits per heavy atom. The fourth-order valence-corrected chi connectivity index (χ4v) is 2.50. The number of nitrogens with zero attached hydrogens (tertiary/aromatic N) is 2. The SMILES string of the molecule is CC1CC=CN=C1OCc1ccc(C(=O)c2ccc(Cl)nc2)cc1. The number of hydrogen-bond donors (Lipinski definition) is 0. The average Bonchev–Trinajstić information content (AvgIpc) is 2.62. The van der Waals surface area contributed by atoms with Gasteiger partial charge in [0.25, 0.3) is 0 Å². The summed E-state index contributed by atoms with van der Waals surface area (Å²) in [5.74, 6) is 0.972. The molecular formula is C19H17ClN2O2. The van der Waals surface area contributed by atoms with E-state index in [0.29, 0.717) is 28.8 Å². The molecule has 0 amide bonds. The highest BCUT2D eigenvalue weighted by atomic mass is 35.5. The first-order chi connectivity index (χ1) is 11.6. The van der Waals surface area contributed by atoms with Gasteiger partial charge in [0.1, 0.15) is 11.8 Å². The van der Waals surface area contributed by atoms with Crippen LogP contribution < -0.4 is 0 Å². The number of rotatable bonds is 4. The van der Waals surface area contributed by atoms with Crippen LogP contribution in [0.4, 0.5) is 0 Å². The molecule has 1 unspecified atom stereocenters. The largest absolute Gasteiger partial charge is 0.476 e. The Bertz CT molecular complexity index is 780. The lowest BCUT2D eigenvalue weighted by atomic mass is 10.0. The van der Waals surface area contributed by atoms with Gasteiger partial charge in [-0.2, -0.15) is 0 Å². The zero-order valence-electron chi connectivity index (χ0n) is 13.3. The number of halogens is 1. The Kier molecular flexibility index (Phi) is 5.06. The van der Waals surface area contributed by atoms with E-state index in [9.17, 15) is 4.79 Å². The number of ether oxygens (including phenoxy) is 1. The Morgan fingerprint density at radius 3 is 2.62 bits per heavy atom. The molecule has 2 aromatic rings. The van der Waals surface area contributed by atoms with Crippen LogP contribution in [0.3, 0.4) is 0 Å². The molecule has 1 aliphatic heterocycles. The van der Waals surface area contributed by atoms with E-state index in [1.807, 2.05) is 18.2 Å². The second kappa shape index (κ2) is 7.41. The van der Waals surface area contributed by atoms with Crippen molar-refractivity contribution < 1.29 is 9.53 Å². The molecule has 0 aliphatic carbocycles. The van der Waals surface area contributed by atoms with Crippen molar-refractivity contribution in [3.05, 3.63) is 76.7 Å². The summed E-state index contributed by atoms with van der Waals surface area (Å²) < 4.78 is 5.77. The van der Waals surface area contributed by atoms with Gasteiger partial charge in [0, 0.05) is 29.4 Å². The molecule has 1 atom stereocenters. The maximum Gasteiger partial charge on any atom is 0.194 e. The monoisotopic (exact) mass is 340 g/mol. The lowest BCUT2D eigenvalue weighted by Crippen LogP contribution is -2.16. The molecule has 0 fully saturated rings. The van der Waals surface area contributed by atoms with Crippen LogP contribution in [0.5, 0.6) is 0 Å². The van der Waals surface area contributed by atoms with Crippen molar-refractivity contribution in [3.63, 3.8) is 0 Å². The summed E-state index contributed by atoms with van der Waals surface area (Å²) in [6.07, 6.45) is 6.24. The number of carbonyl (C=O) groups excluding carboxylic acids is 1. The van der Waals surface area contributed by atoms with E-state index in [2.05, 4.69) is 16.9 Å². The summed E-state index contributed by atoms with van der Waals surface area (Å²) in [6.45, 7) is 2.53. The second-order valence-corrected chi connectivity index (χ2v) is 6.06. The van der Waals surface area contributed by atoms with E-state index in [4.69, 9.17) is 16.3 Å². The predicted molar refractivity (Wildman–Crippen MR) is 94.3 cm³/mol. The normalized spacial score (nSPS) is 16.6. The average molecular weight is 341 g/mol. The Hall–Kier alpha value is -2.46. The van der Waals surface area contributed by atoms with Crippen LogP contribution in [0.2, 0.25) is 5.15 Å². The zero-order valence-corrected chi connectivity index (χ0v) is 14.0. The first kappa shape index (κ1) is 16.4. The molecule has 2 heterocycles. The topological polar surface area (TPSA) is 51.5 Å². The third kappa shape index (κ3) is 3.89. The molecule has 5 heteroatoms. The van der Waals surface area contributed by atoms with E-state index >= 15 is 0 Å². The molecule has 0 radical (unpaired) electrons. The molecule has 1 aromatic heterocycles. The van der Waals surface area contributed by atoms with E-state index in [-0.39, 0.29) is 5.78 Å². The number of aromatic nitrogens is 1. The number of carbonyl (C=O) groups is 1. The molecule has 0 saturated heterocycles. The molecule has 1 aromatic carbocycles. The van der Waals surface area contributed by atoms with Gasteiger partial charge in [-0.3, -0.25) is 4.79 Å². The Balaban J connectivity index is 1.65. The van der Waals surface area contributed by atoms with Crippen LogP contribution in [0.25, 0.3) is 0 Å². The zero-order chi connectivity index (χ0) is 16.9. The minimum absolute atomic E-state index is 0.0814.